The maximum absolute atomic E-state index is 13.4. The van der Waals surface area contributed by atoms with Crippen molar-refractivity contribution in [2.24, 2.45) is 5.73 Å². The Hall–Kier alpha value is -2.94. The summed E-state index contributed by atoms with van der Waals surface area (Å²) in [5.41, 5.74) is 4.58. The number of carbonyl (C=O) groups is 2. The summed E-state index contributed by atoms with van der Waals surface area (Å²) >= 11 is 0. The van der Waals surface area contributed by atoms with Crippen LogP contribution in [0.3, 0.4) is 0 Å². The normalized spacial score (nSPS) is 10.9. The summed E-state index contributed by atoms with van der Waals surface area (Å²) in [5.74, 6) is -2.58. The Morgan fingerprint density at radius 1 is 1.17 bits per heavy atom. The topological polar surface area (TPSA) is 116 Å². The molecule has 0 aliphatic carbocycles. The maximum atomic E-state index is 13.4. The van der Waals surface area contributed by atoms with E-state index in [1.807, 2.05) is 0 Å². The molecule has 0 spiro atoms. The van der Waals surface area contributed by atoms with E-state index in [1.165, 1.54) is 25.3 Å². The molecule has 0 aliphatic heterocycles. The first-order valence-corrected chi connectivity index (χ1v) is 8.03. The summed E-state index contributed by atoms with van der Waals surface area (Å²) in [6.07, 6.45) is 0. The average molecular weight is 352 g/mol. The molecule has 0 aromatic heterocycles. The van der Waals surface area contributed by atoms with Crippen molar-refractivity contribution in [1.29, 1.82) is 0 Å². The number of carbonyl (C=O) groups excluding carboxylic acids is 2. The number of primary amides is 1. The largest absolute Gasteiger partial charge is 0.465 e. The zero-order valence-electron chi connectivity index (χ0n) is 12.4. The van der Waals surface area contributed by atoms with Crippen LogP contribution in [0.2, 0.25) is 0 Å². The number of benzene rings is 2. The summed E-state index contributed by atoms with van der Waals surface area (Å²) in [7, 11) is -2.89. The molecule has 2 rings (SSSR count). The Balaban J connectivity index is 2.37. The molecule has 0 saturated heterocycles. The summed E-state index contributed by atoms with van der Waals surface area (Å²) in [5, 5.41) is 0. The molecule has 0 atom stereocenters. The summed E-state index contributed by atoms with van der Waals surface area (Å²) < 4.78 is 44.9. The highest BCUT2D eigenvalue weighted by Gasteiger charge is 2.18. The molecule has 0 heterocycles. The predicted octanol–water partition coefficient (Wildman–Crippen LogP) is 1.51. The number of halogens is 1. The Labute approximate surface area is 137 Å². The van der Waals surface area contributed by atoms with E-state index in [-0.39, 0.29) is 16.1 Å². The van der Waals surface area contributed by atoms with E-state index in [2.05, 4.69) is 9.46 Å². The first-order chi connectivity index (χ1) is 11.2. The van der Waals surface area contributed by atoms with Crippen molar-refractivity contribution < 1.29 is 27.1 Å². The molecule has 0 saturated carbocycles. The van der Waals surface area contributed by atoms with Gasteiger partial charge in [0.05, 0.1) is 23.1 Å². The lowest BCUT2D eigenvalue weighted by molar-refractivity contribution is 0.0600. The Kier molecular flexibility index (Phi) is 4.84. The van der Waals surface area contributed by atoms with Gasteiger partial charge < -0.3 is 10.5 Å². The van der Waals surface area contributed by atoms with E-state index < -0.39 is 33.3 Å². The van der Waals surface area contributed by atoms with Crippen LogP contribution in [-0.2, 0) is 14.8 Å². The molecule has 0 radical (unpaired) electrons. The lowest BCUT2D eigenvalue weighted by Crippen LogP contribution is -2.16. The quantitative estimate of drug-likeness (QED) is 0.792. The molecule has 126 valence electrons. The van der Waals surface area contributed by atoms with Gasteiger partial charge in [0.25, 0.3) is 15.9 Å². The van der Waals surface area contributed by atoms with Crippen LogP contribution in [0.15, 0.2) is 47.4 Å². The highest BCUT2D eigenvalue weighted by Crippen LogP contribution is 2.20. The first-order valence-electron chi connectivity index (χ1n) is 6.55. The van der Waals surface area contributed by atoms with Gasteiger partial charge in [-0.05, 0) is 36.4 Å². The van der Waals surface area contributed by atoms with Gasteiger partial charge in [0, 0.05) is 5.69 Å². The number of nitrogens with two attached hydrogens (primary N) is 1. The fraction of sp³-hybridized carbons (Fsp3) is 0.0667. The minimum Gasteiger partial charge on any atom is -0.465 e. The number of hydrogen-bond donors (Lipinski definition) is 2. The molecule has 0 fully saturated rings. The lowest BCUT2D eigenvalue weighted by atomic mass is 10.2. The number of amides is 1. The smallest absolute Gasteiger partial charge is 0.337 e. The molecule has 3 N–H and O–H groups in total. The van der Waals surface area contributed by atoms with E-state index in [9.17, 15) is 22.4 Å². The molecular formula is C15H13FN2O5S. The van der Waals surface area contributed by atoms with E-state index in [1.54, 1.807) is 0 Å². The van der Waals surface area contributed by atoms with Crippen LogP contribution >= 0.6 is 0 Å². The highest BCUT2D eigenvalue weighted by molar-refractivity contribution is 7.92. The van der Waals surface area contributed by atoms with Crippen LogP contribution in [-0.4, -0.2) is 27.4 Å². The van der Waals surface area contributed by atoms with E-state index in [4.69, 9.17) is 5.73 Å². The number of anilines is 1. The zero-order chi connectivity index (χ0) is 17.9. The predicted molar refractivity (Wildman–Crippen MR) is 83.5 cm³/mol. The molecule has 24 heavy (non-hydrogen) atoms. The summed E-state index contributed by atoms with van der Waals surface area (Å²) in [4.78, 5) is 22.4. The second-order valence-electron chi connectivity index (χ2n) is 4.68. The molecule has 9 heteroatoms. The number of esters is 1. The van der Waals surface area contributed by atoms with Crippen molar-refractivity contribution in [3.63, 3.8) is 0 Å². The van der Waals surface area contributed by atoms with Crippen molar-refractivity contribution in [3.8, 4) is 0 Å². The van der Waals surface area contributed by atoms with Crippen molar-refractivity contribution in [3.05, 3.63) is 59.4 Å². The van der Waals surface area contributed by atoms with Gasteiger partial charge >= 0.3 is 5.97 Å². The summed E-state index contributed by atoms with van der Waals surface area (Å²) in [6, 6.07) is 8.22. The molecule has 1 amide bonds. The summed E-state index contributed by atoms with van der Waals surface area (Å²) in [6.45, 7) is 0. The average Bonchev–Trinajstić information content (AvgIpc) is 2.55. The van der Waals surface area contributed by atoms with Gasteiger partial charge in [-0.1, -0.05) is 6.07 Å². The van der Waals surface area contributed by atoms with Gasteiger partial charge in [0.2, 0.25) is 0 Å². The molecule has 2 aromatic carbocycles. The van der Waals surface area contributed by atoms with Crippen molar-refractivity contribution >= 4 is 27.6 Å². The van der Waals surface area contributed by atoms with Gasteiger partial charge in [-0.2, -0.15) is 0 Å². The number of sulfonamides is 1. The third-order valence-corrected chi connectivity index (χ3v) is 4.43. The van der Waals surface area contributed by atoms with Crippen LogP contribution in [0.1, 0.15) is 20.7 Å². The van der Waals surface area contributed by atoms with Crippen LogP contribution in [0.4, 0.5) is 10.1 Å². The van der Waals surface area contributed by atoms with Crippen LogP contribution in [0, 0.1) is 5.82 Å². The van der Waals surface area contributed by atoms with Gasteiger partial charge in [-0.3, -0.25) is 9.52 Å². The lowest BCUT2D eigenvalue weighted by Gasteiger charge is -2.10. The SMILES string of the molecule is COC(=O)c1cccc(S(=O)(=O)Nc2ccc(F)c(C(N)=O)c2)c1. The first kappa shape index (κ1) is 17.4. The van der Waals surface area contributed by atoms with Crippen LogP contribution < -0.4 is 10.5 Å². The van der Waals surface area contributed by atoms with Gasteiger partial charge in [-0.15, -0.1) is 0 Å². The second-order valence-corrected chi connectivity index (χ2v) is 6.37. The zero-order valence-corrected chi connectivity index (χ0v) is 13.3. The fourth-order valence-electron chi connectivity index (χ4n) is 1.90. The van der Waals surface area contributed by atoms with Gasteiger partial charge in [-0.25, -0.2) is 17.6 Å². The molecule has 0 unspecified atom stereocenters. The van der Waals surface area contributed by atoms with Gasteiger partial charge in [0.15, 0.2) is 0 Å². The molecule has 7 nitrogen and oxygen atoms in total. The van der Waals surface area contributed by atoms with E-state index in [0.717, 1.165) is 24.3 Å². The molecule has 2 aromatic rings. The minimum atomic E-state index is -4.07. The Bertz CT molecular complexity index is 912. The maximum Gasteiger partial charge on any atom is 0.337 e. The molecule has 0 aliphatic rings. The van der Waals surface area contributed by atoms with Crippen molar-refractivity contribution in [2.75, 3.05) is 11.8 Å². The number of hydrogen-bond acceptors (Lipinski definition) is 5. The number of nitrogens with one attached hydrogen (secondary N) is 1. The molecular weight excluding hydrogens is 339 g/mol. The van der Waals surface area contributed by atoms with Crippen LogP contribution in [0.25, 0.3) is 0 Å². The number of methoxy groups -OCH3 is 1. The Morgan fingerprint density at radius 2 is 1.88 bits per heavy atom. The number of rotatable bonds is 5. The fourth-order valence-corrected chi connectivity index (χ4v) is 2.99. The second kappa shape index (κ2) is 6.67. The minimum absolute atomic E-state index is 0.0475. The Morgan fingerprint density at radius 3 is 2.50 bits per heavy atom. The van der Waals surface area contributed by atoms with Crippen molar-refractivity contribution in [2.45, 2.75) is 4.90 Å². The van der Waals surface area contributed by atoms with E-state index >= 15 is 0 Å². The van der Waals surface area contributed by atoms with Gasteiger partial charge in [0.1, 0.15) is 5.82 Å². The van der Waals surface area contributed by atoms with E-state index in [0.29, 0.717) is 0 Å². The van der Waals surface area contributed by atoms with Crippen molar-refractivity contribution in [1.82, 2.24) is 0 Å². The highest BCUT2D eigenvalue weighted by atomic mass is 32.2. The third kappa shape index (κ3) is 3.69. The molecule has 0 bridgehead atoms. The third-order valence-electron chi connectivity index (χ3n) is 3.05. The number of ether oxygens (including phenoxy) is 1. The van der Waals surface area contributed by atoms with Crippen LogP contribution in [0.5, 0.6) is 0 Å². The standard InChI is InChI=1S/C15H13FN2O5S/c1-23-15(20)9-3-2-4-11(7-9)24(21,22)18-10-5-6-13(16)12(8-10)14(17)19/h2-8,18H,1H3,(H2,17,19). The monoisotopic (exact) mass is 352 g/mol.